The number of carboxylic acids is 1. The Balaban J connectivity index is 0.000000203. The standard InChI is InChI=1S/C14H18N4O2.C10H9N3O2/c1-10-12(16-13(19)20-14(2,3)4)9-18(17-10)11-6-5-7-15-8-11;1-7-9(10(14)15)6-13(12-7)8-3-2-4-11-5-8/h5-9H,1-4H3,(H,16,19);2-6H,1H3,(H,14,15). The van der Waals surface area contributed by atoms with Crippen molar-refractivity contribution < 1.29 is 19.4 Å². The van der Waals surface area contributed by atoms with E-state index in [9.17, 15) is 9.59 Å². The summed E-state index contributed by atoms with van der Waals surface area (Å²) >= 11 is 0. The first kappa shape index (κ1) is 25.1. The number of anilines is 1. The van der Waals surface area contributed by atoms with E-state index in [0.717, 1.165) is 11.4 Å². The first-order valence-corrected chi connectivity index (χ1v) is 10.7. The number of hydrogen-bond acceptors (Lipinski definition) is 7. The smallest absolute Gasteiger partial charge is 0.412 e. The summed E-state index contributed by atoms with van der Waals surface area (Å²) in [5, 5.41) is 20.0. The summed E-state index contributed by atoms with van der Waals surface area (Å²) in [6.07, 6.45) is 9.39. The first-order chi connectivity index (χ1) is 16.5. The van der Waals surface area contributed by atoms with Crippen LogP contribution in [0.5, 0.6) is 0 Å². The molecule has 0 unspecified atom stereocenters. The van der Waals surface area contributed by atoms with Gasteiger partial charge in [-0.05, 0) is 58.9 Å². The zero-order valence-electron chi connectivity index (χ0n) is 20.1. The SMILES string of the molecule is Cc1nn(-c2cccnc2)cc1C(=O)O.Cc1nn(-c2cccnc2)cc1NC(=O)OC(C)(C)C. The minimum atomic E-state index is -0.970. The van der Waals surface area contributed by atoms with Crippen molar-refractivity contribution in [1.29, 1.82) is 0 Å². The molecule has 35 heavy (non-hydrogen) atoms. The van der Waals surface area contributed by atoms with Crippen LogP contribution in [0.2, 0.25) is 0 Å². The predicted octanol–water partition coefficient (Wildman–Crippen LogP) is 4.20. The molecule has 0 spiro atoms. The Kier molecular flexibility index (Phi) is 7.59. The average molecular weight is 478 g/mol. The number of carbonyl (C=O) groups is 2. The largest absolute Gasteiger partial charge is 0.478 e. The lowest BCUT2D eigenvalue weighted by molar-refractivity contribution is 0.0634. The molecule has 1 amide bonds. The Morgan fingerprint density at radius 2 is 1.46 bits per heavy atom. The van der Waals surface area contributed by atoms with Crippen LogP contribution < -0.4 is 5.32 Å². The van der Waals surface area contributed by atoms with Gasteiger partial charge in [-0.1, -0.05) is 0 Å². The Morgan fingerprint density at radius 1 is 0.914 bits per heavy atom. The van der Waals surface area contributed by atoms with Gasteiger partial charge in [-0.3, -0.25) is 15.3 Å². The number of pyridine rings is 2. The highest BCUT2D eigenvalue weighted by atomic mass is 16.6. The summed E-state index contributed by atoms with van der Waals surface area (Å²) < 4.78 is 8.38. The summed E-state index contributed by atoms with van der Waals surface area (Å²) in [7, 11) is 0. The van der Waals surface area contributed by atoms with Gasteiger partial charge < -0.3 is 9.84 Å². The number of amides is 1. The molecule has 4 heterocycles. The Hall–Kier alpha value is -4.54. The second-order valence-corrected chi connectivity index (χ2v) is 8.50. The lowest BCUT2D eigenvalue weighted by atomic mass is 10.2. The molecule has 182 valence electrons. The van der Waals surface area contributed by atoms with E-state index in [1.807, 2.05) is 45.9 Å². The van der Waals surface area contributed by atoms with Crippen molar-refractivity contribution in [2.24, 2.45) is 0 Å². The number of aryl methyl sites for hydroxylation is 2. The van der Waals surface area contributed by atoms with Gasteiger partial charge in [-0.2, -0.15) is 10.2 Å². The fraction of sp³-hybridized carbons (Fsp3) is 0.250. The van der Waals surface area contributed by atoms with Gasteiger partial charge >= 0.3 is 12.1 Å². The van der Waals surface area contributed by atoms with E-state index in [1.54, 1.807) is 48.7 Å². The van der Waals surface area contributed by atoms with Crippen molar-refractivity contribution in [3.63, 3.8) is 0 Å². The third kappa shape index (κ3) is 6.97. The molecular weight excluding hydrogens is 450 g/mol. The zero-order chi connectivity index (χ0) is 25.6. The van der Waals surface area contributed by atoms with Crippen molar-refractivity contribution in [2.45, 2.75) is 40.2 Å². The Bertz CT molecular complexity index is 1290. The van der Waals surface area contributed by atoms with E-state index in [0.29, 0.717) is 17.1 Å². The number of rotatable bonds is 4. The molecule has 0 saturated heterocycles. The summed E-state index contributed by atoms with van der Waals surface area (Å²) in [6, 6.07) is 7.29. The van der Waals surface area contributed by atoms with Crippen molar-refractivity contribution in [1.82, 2.24) is 29.5 Å². The number of hydrogen-bond donors (Lipinski definition) is 2. The topological polar surface area (TPSA) is 137 Å². The van der Waals surface area contributed by atoms with Gasteiger partial charge in [0.05, 0.1) is 47.0 Å². The van der Waals surface area contributed by atoms with E-state index in [2.05, 4.69) is 25.5 Å². The van der Waals surface area contributed by atoms with Crippen molar-refractivity contribution in [3.8, 4) is 11.4 Å². The summed E-state index contributed by atoms with van der Waals surface area (Å²) in [5.41, 5.74) is 3.06. The van der Waals surface area contributed by atoms with Gasteiger partial charge in [-0.25, -0.2) is 19.0 Å². The number of carbonyl (C=O) groups excluding carboxylic acids is 1. The predicted molar refractivity (Wildman–Crippen MR) is 129 cm³/mol. The quantitative estimate of drug-likeness (QED) is 0.446. The highest BCUT2D eigenvalue weighted by Gasteiger charge is 2.18. The molecular formula is C24H27N7O4. The second kappa shape index (κ2) is 10.6. The van der Waals surface area contributed by atoms with Crippen LogP contribution in [0.4, 0.5) is 10.5 Å². The van der Waals surface area contributed by atoms with Crippen LogP contribution >= 0.6 is 0 Å². The van der Waals surface area contributed by atoms with Crippen LogP contribution in [0, 0.1) is 13.8 Å². The van der Waals surface area contributed by atoms with Crippen LogP contribution in [-0.2, 0) is 4.74 Å². The van der Waals surface area contributed by atoms with E-state index >= 15 is 0 Å². The molecule has 0 aromatic carbocycles. The second-order valence-electron chi connectivity index (χ2n) is 8.50. The lowest BCUT2D eigenvalue weighted by Crippen LogP contribution is -2.27. The average Bonchev–Trinajstić information content (AvgIpc) is 3.37. The molecule has 4 aromatic rings. The third-order valence-corrected chi connectivity index (χ3v) is 4.48. The molecule has 0 radical (unpaired) electrons. The molecule has 4 aromatic heterocycles. The molecule has 11 heteroatoms. The van der Waals surface area contributed by atoms with E-state index in [1.165, 1.54) is 10.9 Å². The molecule has 0 bridgehead atoms. The van der Waals surface area contributed by atoms with Crippen molar-refractivity contribution in [2.75, 3.05) is 5.32 Å². The van der Waals surface area contributed by atoms with E-state index in [-0.39, 0.29) is 5.56 Å². The zero-order valence-corrected chi connectivity index (χ0v) is 20.1. The minimum Gasteiger partial charge on any atom is -0.478 e. The highest BCUT2D eigenvalue weighted by Crippen LogP contribution is 2.17. The fourth-order valence-corrected chi connectivity index (χ4v) is 2.91. The van der Waals surface area contributed by atoms with Gasteiger partial charge in [0.15, 0.2) is 0 Å². The van der Waals surface area contributed by atoms with E-state index < -0.39 is 17.7 Å². The summed E-state index contributed by atoms with van der Waals surface area (Å²) in [4.78, 5) is 30.5. The van der Waals surface area contributed by atoms with Gasteiger partial charge in [0.2, 0.25) is 0 Å². The van der Waals surface area contributed by atoms with E-state index in [4.69, 9.17) is 9.84 Å². The van der Waals surface area contributed by atoms with Gasteiger partial charge in [0.1, 0.15) is 11.2 Å². The maximum absolute atomic E-state index is 11.7. The monoisotopic (exact) mass is 477 g/mol. The molecule has 0 aliphatic heterocycles. The lowest BCUT2D eigenvalue weighted by Gasteiger charge is -2.19. The fourth-order valence-electron chi connectivity index (χ4n) is 2.91. The molecule has 0 saturated carbocycles. The van der Waals surface area contributed by atoms with Gasteiger partial charge in [-0.15, -0.1) is 0 Å². The van der Waals surface area contributed by atoms with Gasteiger partial charge in [0.25, 0.3) is 0 Å². The van der Waals surface area contributed by atoms with Crippen LogP contribution in [0.1, 0.15) is 42.5 Å². The molecule has 11 nitrogen and oxygen atoms in total. The molecule has 0 fully saturated rings. The maximum Gasteiger partial charge on any atom is 0.412 e. The molecule has 2 N–H and O–H groups in total. The minimum absolute atomic E-state index is 0.207. The highest BCUT2D eigenvalue weighted by molar-refractivity contribution is 5.88. The maximum atomic E-state index is 11.7. The normalized spacial score (nSPS) is 10.8. The first-order valence-electron chi connectivity index (χ1n) is 10.7. The Morgan fingerprint density at radius 3 is 1.91 bits per heavy atom. The van der Waals surface area contributed by atoms with Crippen LogP contribution in [0.15, 0.2) is 61.4 Å². The molecule has 0 atom stereocenters. The third-order valence-electron chi connectivity index (χ3n) is 4.48. The number of nitrogens with one attached hydrogen (secondary N) is 1. The number of ether oxygens (including phenoxy) is 1. The molecule has 4 rings (SSSR count). The van der Waals surface area contributed by atoms with Crippen LogP contribution in [-0.4, -0.2) is 52.3 Å². The number of carboxylic acid groups (broad SMARTS) is 1. The summed E-state index contributed by atoms with van der Waals surface area (Å²) in [6.45, 7) is 8.94. The molecule has 0 aliphatic carbocycles. The number of aromatic nitrogens is 6. The Labute approximate surface area is 202 Å². The number of nitrogens with zero attached hydrogens (tertiary/aromatic N) is 6. The van der Waals surface area contributed by atoms with Crippen molar-refractivity contribution >= 4 is 17.7 Å². The molecule has 0 aliphatic rings. The number of aromatic carboxylic acids is 1. The summed E-state index contributed by atoms with van der Waals surface area (Å²) in [5.74, 6) is -0.970. The van der Waals surface area contributed by atoms with Crippen LogP contribution in [0.25, 0.3) is 11.4 Å². The van der Waals surface area contributed by atoms with Gasteiger partial charge in [0, 0.05) is 18.6 Å². The van der Waals surface area contributed by atoms with Crippen molar-refractivity contribution in [3.05, 3.63) is 78.4 Å². The van der Waals surface area contributed by atoms with Crippen LogP contribution in [0.3, 0.4) is 0 Å².